The molecular formula is C13H19NO3S. The van der Waals surface area contributed by atoms with Gasteiger partial charge in [0.1, 0.15) is 0 Å². The molecular weight excluding hydrogens is 250 g/mol. The number of hydrogen-bond donors (Lipinski definition) is 1. The van der Waals surface area contributed by atoms with E-state index in [9.17, 15) is 4.79 Å². The van der Waals surface area contributed by atoms with E-state index in [-0.39, 0.29) is 18.6 Å². The lowest BCUT2D eigenvalue weighted by Gasteiger charge is -2.36. The third-order valence-electron chi connectivity index (χ3n) is 3.12. The average Bonchev–Trinajstić information content (AvgIpc) is 2.81. The Balaban J connectivity index is 1.86. The van der Waals surface area contributed by atoms with Crippen LogP contribution in [0.3, 0.4) is 0 Å². The summed E-state index contributed by atoms with van der Waals surface area (Å²) < 4.78 is 5.94. The van der Waals surface area contributed by atoms with E-state index in [1.165, 1.54) is 5.56 Å². The van der Waals surface area contributed by atoms with Gasteiger partial charge < -0.3 is 9.84 Å². The molecule has 0 spiro atoms. The minimum atomic E-state index is -0.717. The number of rotatable bonds is 5. The van der Waals surface area contributed by atoms with Crippen LogP contribution in [0.25, 0.3) is 0 Å². The van der Waals surface area contributed by atoms with Gasteiger partial charge in [-0.05, 0) is 42.3 Å². The molecule has 0 saturated carbocycles. The van der Waals surface area contributed by atoms with Crippen molar-refractivity contribution in [3.8, 4) is 0 Å². The summed E-state index contributed by atoms with van der Waals surface area (Å²) >= 11 is 1.68. The molecule has 1 aromatic rings. The fourth-order valence-electron chi connectivity index (χ4n) is 2.32. The van der Waals surface area contributed by atoms with Gasteiger partial charge in [0, 0.05) is 19.5 Å². The second-order valence-electron chi connectivity index (χ2n) is 4.75. The van der Waals surface area contributed by atoms with Gasteiger partial charge in [0.25, 0.3) is 0 Å². The normalized spacial score (nSPS) is 25.2. The molecule has 1 aliphatic heterocycles. The van der Waals surface area contributed by atoms with Crippen LogP contribution < -0.4 is 0 Å². The summed E-state index contributed by atoms with van der Waals surface area (Å²) in [6, 6.07) is 2.10. The third kappa shape index (κ3) is 3.80. The number of hydrogen-bond acceptors (Lipinski definition) is 4. The SMILES string of the molecule is CC1CN(CCCC(=O)O)CC(c2ccsc2)O1. The first kappa shape index (κ1) is 13.5. The molecule has 0 radical (unpaired) electrons. The summed E-state index contributed by atoms with van der Waals surface area (Å²) in [7, 11) is 0. The Kier molecular flexibility index (Phi) is 4.74. The zero-order valence-corrected chi connectivity index (χ0v) is 11.4. The van der Waals surface area contributed by atoms with E-state index in [0.29, 0.717) is 6.42 Å². The molecule has 2 heterocycles. The van der Waals surface area contributed by atoms with Gasteiger partial charge in [0.05, 0.1) is 12.2 Å². The summed E-state index contributed by atoms with van der Waals surface area (Å²) in [5.41, 5.74) is 1.23. The number of aliphatic carboxylic acids is 1. The van der Waals surface area contributed by atoms with Gasteiger partial charge in [-0.1, -0.05) is 0 Å². The lowest BCUT2D eigenvalue weighted by Crippen LogP contribution is -2.43. The summed E-state index contributed by atoms with van der Waals surface area (Å²) in [6.07, 6.45) is 1.28. The molecule has 2 unspecified atom stereocenters. The highest BCUT2D eigenvalue weighted by molar-refractivity contribution is 7.07. The van der Waals surface area contributed by atoms with Crippen LogP contribution in [-0.2, 0) is 9.53 Å². The second-order valence-corrected chi connectivity index (χ2v) is 5.53. The van der Waals surface area contributed by atoms with Crippen LogP contribution in [0.2, 0.25) is 0 Å². The predicted molar refractivity (Wildman–Crippen MR) is 70.9 cm³/mol. The monoisotopic (exact) mass is 269 g/mol. The predicted octanol–water partition coefficient (Wildman–Crippen LogP) is 2.37. The van der Waals surface area contributed by atoms with E-state index in [0.717, 1.165) is 19.6 Å². The molecule has 1 aliphatic rings. The van der Waals surface area contributed by atoms with Crippen LogP contribution in [0.4, 0.5) is 0 Å². The van der Waals surface area contributed by atoms with E-state index in [1.807, 2.05) is 0 Å². The molecule has 0 bridgehead atoms. The van der Waals surface area contributed by atoms with E-state index in [4.69, 9.17) is 9.84 Å². The Bertz CT molecular complexity index is 380. The lowest BCUT2D eigenvalue weighted by molar-refractivity contribution is -0.137. The number of morpholine rings is 1. The fourth-order valence-corrected chi connectivity index (χ4v) is 3.02. The van der Waals surface area contributed by atoms with Gasteiger partial charge in [0.2, 0.25) is 0 Å². The van der Waals surface area contributed by atoms with Crippen LogP contribution in [0.15, 0.2) is 16.8 Å². The highest BCUT2D eigenvalue weighted by Gasteiger charge is 2.26. The van der Waals surface area contributed by atoms with Crippen molar-refractivity contribution in [1.82, 2.24) is 4.90 Å². The lowest BCUT2D eigenvalue weighted by atomic mass is 10.1. The zero-order valence-electron chi connectivity index (χ0n) is 10.5. The van der Waals surface area contributed by atoms with E-state index < -0.39 is 5.97 Å². The van der Waals surface area contributed by atoms with E-state index in [2.05, 4.69) is 28.7 Å². The Morgan fingerprint density at radius 1 is 1.61 bits per heavy atom. The first-order valence-electron chi connectivity index (χ1n) is 6.27. The van der Waals surface area contributed by atoms with Crippen molar-refractivity contribution in [2.45, 2.75) is 32.0 Å². The molecule has 1 N–H and O–H groups in total. The van der Waals surface area contributed by atoms with Gasteiger partial charge >= 0.3 is 5.97 Å². The Morgan fingerprint density at radius 3 is 3.11 bits per heavy atom. The van der Waals surface area contributed by atoms with Gasteiger partial charge in [-0.25, -0.2) is 0 Å². The number of ether oxygens (including phenoxy) is 1. The number of carbonyl (C=O) groups is 1. The third-order valence-corrected chi connectivity index (χ3v) is 3.82. The molecule has 18 heavy (non-hydrogen) atoms. The Hall–Kier alpha value is -0.910. The zero-order chi connectivity index (χ0) is 13.0. The minimum Gasteiger partial charge on any atom is -0.481 e. The fraction of sp³-hybridized carbons (Fsp3) is 0.615. The minimum absolute atomic E-state index is 0.129. The maximum absolute atomic E-state index is 10.5. The van der Waals surface area contributed by atoms with Crippen LogP contribution in [0.5, 0.6) is 0 Å². The van der Waals surface area contributed by atoms with Crippen molar-refractivity contribution in [3.63, 3.8) is 0 Å². The van der Waals surface area contributed by atoms with Gasteiger partial charge in [-0.2, -0.15) is 11.3 Å². The molecule has 2 atom stereocenters. The Morgan fingerprint density at radius 2 is 2.44 bits per heavy atom. The van der Waals surface area contributed by atoms with Crippen molar-refractivity contribution < 1.29 is 14.6 Å². The summed E-state index contributed by atoms with van der Waals surface area (Å²) in [4.78, 5) is 12.8. The van der Waals surface area contributed by atoms with Crippen molar-refractivity contribution in [2.24, 2.45) is 0 Å². The van der Waals surface area contributed by atoms with Gasteiger partial charge in [0.15, 0.2) is 0 Å². The highest BCUT2D eigenvalue weighted by Crippen LogP contribution is 2.26. The maximum Gasteiger partial charge on any atom is 0.303 e. The number of carboxylic acid groups (broad SMARTS) is 1. The number of carboxylic acids is 1. The largest absolute Gasteiger partial charge is 0.481 e. The summed E-state index contributed by atoms with van der Waals surface area (Å²) in [5, 5.41) is 12.8. The van der Waals surface area contributed by atoms with Gasteiger partial charge in [-0.3, -0.25) is 9.69 Å². The Labute approximate surface area is 111 Å². The smallest absolute Gasteiger partial charge is 0.303 e. The van der Waals surface area contributed by atoms with Crippen molar-refractivity contribution in [2.75, 3.05) is 19.6 Å². The molecule has 1 saturated heterocycles. The van der Waals surface area contributed by atoms with E-state index in [1.54, 1.807) is 11.3 Å². The molecule has 100 valence electrons. The highest BCUT2D eigenvalue weighted by atomic mass is 32.1. The van der Waals surface area contributed by atoms with Crippen LogP contribution in [0, 0.1) is 0 Å². The first-order valence-corrected chi connectivity index (χ1v) is 7.21. The molecule has 1 fully saturated rings. The molecule has 5 heteroatoms. The molecule has 0 aromatic carbocycles. The molecule has 2 rings (SSSR count). The molecule has 0 aliphatic carbocycles. The summed E-state index contributed by atoms with van der Waals surface area (Å²) in [6.45, 7) is 4.66. The number of thiophene rings is 1. The van der Waals surface area contributed by atoms with Gasteiger partial charge in [-0.15, -0.1) is 0 Å². The van der Waals surface area contributed by atoms with Crippen molar-refractivity contribution in [3.05, 3.63) is 22.4 Å². The van der Waals surface area contributed by atoms with Crippen molar-refractivity contribution in [1.29, 1.82) is 0 Å². The maximum atomic E-state index is 10.5. The van der Waals surface area contributed by atoms with Crippen LogP contribution >= 0.6 is 11.3 Å². The second kappa shape index (κ2) is 6.31. The van der Waals surface area contributed by atoms with Crippen LogP contribution in [0.1, 0.15) is 31.4 Å². The molecule has 1 aromatic heterocycles. The van der Waals surface area contributed by atoms with E-state index >= 15 is 0 Å². The first-order chi connectivity index (χ1) is 8.65. The standard InChI is InChI=1S/C13H19NO3S/c1-10-7-14(5-2-3-13(15)16)8-12(17-10)11-4-6-18-9-11/h4,6,9-10,12H,2-3,5,7-8H2,1H3,(H,15,16). The van der Waals surface area contributed by atoms with Crippen molar-refractivity contribution >= 4 is 17.3 Å². The average molecular weight is 269 g/mol. The molecule has 0 amide bonds. The van der Waals surface area contributed by atoms with Crippen LogP contribution in [-0.4, -0.2) is 41.7 Å². The summed E-state index contributed by atoms with van der Waals surface area (Å²) in [5.74, 6) is -0.717. The quantitative estimate of drug-likeness (QED) is 0.891. The topological polar surface area (TPSA) is 49.8 Å². The molecule has 4 nitrogen and oxygen atoms in total. The number of nitrogens with zero attached hydrogens (tertiary/aromatic N) is 1.